The van der Waals surface area contributed by atoms with Gasteiger partial charge in [0.15, 0.2) is 5.78 Å². The molecule has 0 spiro atoms. The van der Waals surface area contributed by atoms with Crippen LogP contribution >= 0.6 is 0 Å². The van der Waals surface area contributed by atoms with Gasteiger partial charge in [-0.05, 0) is 12.8 Å². The van der Waals surface area contributed by atoms with Crippen LogP contribution in [0, 0.1) is 0 Å². The van der Waals surface area contributed by atoms with E-state index in [-0.39, 0.29) is 13.0 Å². The van der Waals surface area contributed by atoms with E-state index in [1.807, 2.05) is 6.92 Å². The maximum Gasteiger partial charge on any atom is 0.348 e. The molecule has 1 unspecified atom stereocenters. The van der Waals surface area contributed by atoms with Crippen molar-refractivity contribution in [3.63, 3.8) is 0 Å². The minimum Gasteiger partial charge on any atom is -0.463 e. The van der Waals surface area contributed by atoms with Crippen molar-refractivity contribution < 1.29 is 18.7 Å². The summed E-state index contributed by atoms with van der Waals surface area (Å²) in [4.78, 5) is 21.9. The van der Waals surface area contributed by atoms with E-state index >= 15 is 0 Å². The zero-order chi connectivity index (χ0) is 11.0. The number of esters is 1. The summed E-state index contributed by atoms with van der Waals surface area (Å²) < 4.78 is 17.5. The van der Waals surface area contributed by atoms with Crippen LogP contribution in [0.3, 0.4) is 0 Å². The lowest BCUT2D eigenvalue weighted by Crippen LogP contribution is -2.27. The van der Waals surface area contributed by atoms with Crippen molar-refractivity contribution in [1.29, 1.82) is 0 Å². The third kappa shape index (κ3) is 4.94. The molecule has 0 amide bonds. The van der Waals surface area contributed by atoms with Crippen LogP contribution < -0.4 is 0 Å². The Morgan fingerprint density at radius 1 is 1.29 bits per heavy atom. The summed E-state index contributed by atoms with van der Waals surface area (Å²) in [6.45, 7) is 3.87. The number of carbonyl (C=O) groups is 2. The van der Waals surface area contributed by atoms with Crippen LogP contribution in [-0.2, 0) is 14.3 Å². The first-order chi connectivity index (χ1) is 6.63. The largest absolute Gasteiger partial charge is 0.463 e. The second-order valence-corrected chi connectivity index (χ2v) is 3.10. The number of ether oxygens (including phenoxy) is 1. The molecule has 82 valence electrons. The summed E-state index contributed by atoms with van der Waals surface area (Å²) in [5.41, 5.74) is 0. The highest BCUT2D eigenvalue weighted by Crippen LogP contribution is 2.04. The second kappa shape index (κ2) is 7.47. The Hall–Kier alpha value is -0.930. The summed E-state index contributed by atoms with van der Waals surface area (Å²) in [7, 11) is 0. The van der Waals surface area contributed by atoms with Gasteiger partial charge in [0, 0.05) is 6.42 Å². The van der Waals surface area contributed by atoms with Gasteiger partial charge in [-0.2, -0.15) is 0 Å². The smallest absolute Gasteiger partial charge is 0.348 e. The van der Waals surface area contributed by atoms with Crippen molar-refractivity contribution in [2.45, 2.75) is 45.7 Å². The monoisotopic (exact) mass is 204 g/mol. The standard InChI is InChI=1S/C10H17FO3/c1-3-5-6-8(12)9(11)10(13)14-7-4-2/h9H,3-7H2,1-2H3. The van der Waals surface area contributed by atoms with Gasteiger partial charge in [-0.1, -0.05) is 20.3 Å². The zero-order valence-corrected chi connectivity index (χ0v) is 8.72. The summed E-state index contributed by atoms with van der Waals surface area (Å²) >= 11 is 0. The fourth-order valence-electron chi connectivity index (χ4n) is 0.885. The Morgan fingerprint density at radius 2 is 1.93 bits per heavy atom. The number of carbonyl (C=O) groups excluding carboxylic acids is 2. The van der Waals surface area contributed by atoms with Crippen LogP contribution in [0.15, 0.2) is 0 Å². The Bertz CT molecular complexity index is 172. The minimum absolute atomic E-state index is 0.110. The van der Waals surface area contributed by atoms with E-state index in [1.165, 1.54) is 0 Å². The summed E-state index contributed by atoms with van der Waals surface area (Å²) in [6, 6.07) is 0. The van der Waals surface area contributed by atoms with Crippen molar-refractivity contribution in [2.24, 2.45) is 0 Å². The summed E-state index contributed by atoms with van der Waals surface area (Å²) in [5, 5.41) is 0. The lowest BCUT2D eigenvalue weighted by atomic mass is 10.1. The van der Waals surface area contributed by atoms with E-state index in [2.05, 4.69) is 4.74 Å². The molecule has 0 saturated heterocycles. The quantitative estimate of drug-likeness (QED) is 0.471. The molecule has 0 aliphatic rings. The van der Waals surface area contributed by atoms with E-state index in [0.29, 0.717) is 12.8 Å². The molecule has 0 aromatic carbocycles. The van der Waals surface area contributed by atoms with Crippen LogP contribution in [0.1, 0.15) is 39.5 Å². The molecular weight excluding hydrogens is 187 g/mol. The molecule has 0 aliphatic heterocycles. The zero-order valence-electron chi connectivity index (χ0n) is 8.72. The van der Waals surface area contributed by atoms with E-state index in [1.54, 1.807) is 6.92 Å². The number of Topliss-reactive ketones (excluding diaryl/α,β-unsaturated/α-hetero) is 1. The fourth-order valence-corrected chi connectivity index (χ4v) is 0.885. The summed E-state index contributed by atoms with van der Waals surface area (Å²) in [5.74, 6) is -1.72. The van der Waals surface area contributed by atoms with Gasteiger partial charge in [-0.25, -0.2) is 9.18 Å². The normalized spacial score (nSPS) is 12.2. The second-order valence-electron chi connectivity index (χ2n) is 3.10. The maximum absolute atomic E-state index is 13.0. The lowest BCUT2D eigenvalue weighted by molar-refractivity contribution is -0.153. The number of ketones is 1. The average Bonchev–Trinajstić information content (AvgIpc) is 2.21. The molecular formula is C10H17FO3. The van der Waals surface area contributed by atoms with Crippen molar-refractivity contribution in [2.75, 3.05) is 6.61 Å². The van der Waals surface area contributed by atoms with Crippen molar-refractivity contribution in [3.05, 3.63) is 0 Å². The van der Waals surface area contributed by atoms with Crippen LogP contribution in [0.4, 0.5) is 4.39 Å². The molecule has 14 heavy (non-hydrogen) atoms. The van der Waals surface area contributed by atoms with Gasteiger partial charge in [-0.3, -0.25) is 4.79 Å². The van der Waals surface area contributed by atoms with Crippen LogP contribution in [-0.4, -0.2) is 24.5 Å². The molecule has 1 atom stereocenters. The van der Waals surface area contributed by atoms with Gasteiger partial charge in [0.25, 0.3) is 6.17 Å². The highest BCUT2D eigenvalue weighted by molar-refractivity contribution is 6.01. The molecule has 0 aromatic heterocycles. The molecule has 0 aromatic rings. The van der Waals surface area contributed by atoms with Gasteiger partial charge in [-0.15, -0.1) is 0 Å². The number of unbranched alkanes of at least 4 members (excludes halogenated alkanes) is 1. The average molecular weight is 204 g/mol. The minimum atomic E-state index is -2.09. The molecule has 4 heteroatoms. The van der Waals surface area contributed by atoms with Crippen LogP contribution in [0.2, 0.25) is 0 Å². The fraction of sp³-hybridized carbons (Fsp3) is 0.800. The van der Waals surface area contributed by atoms with Crippen molar-refractivity contribution in [3.8, 4) is 0 Å². The molecule has 0 bridgehead atoms. The van der Waals surface area contributed by atoms with Crippen molar-refractivity contribution >= 4 is 11.8 Å². The number of rotatable bonds is 7. The first-order valence-electron chi connectivity index (χ1n) is 4.96. The Morgan fingerprint density at radius 3 is 2.43 bits per heavy atom. The molecule has 0 fully saturated rings. The SMILES string of the molecule is CCCCC(=O)C(F)C(=O)OCCC. The topological polar surface area (TPSA) is 43.4 Å². The lowest BCUT2D eigenvalue weighted by Gasteiger charge is -2.06. The molecule has 0 N–H and O–H groups in total. The van der Waals surface area contributed by atoms with Crippen LogP contribution in [0.25, 0.3) is 0 Å². The molecule has 0 aliphatic carbocycles. The van der Waals surface area contributed by atoms with E-state index in [4.69, 9.17) is 0 Å². The third-order valence-corrected chi connectivity index (χ3v) is 1.71. The number of hydrogen-bond acceptors (Lipinski definition) is 3. The van der Waals surface area contributed by atoms with Gasteiger partial charge in [0.2, 0.25) is 0 Å². The van der Waals surface area contributed by atoms with Gasteiger partial charge in [0.1, 0.15) is 0 Å². The highest BCUT2D eigenvalue weighted by Gasteiger charge is 2.26. The Labute approximate surface area is 83.6 Å². The van der Waals surface area contributed by atoms with Crippen LogP contribution in [0.5, 0.6) is 0 Å². The predicted octanol–water partition coefficient (Wildman–Crippen LogP) is 2.04. The first kappa shape index (κ1) is 13.1. The van der Waals surface area contributed by atoms with Crippen molar-refractivity contribution in [1.82, 2.24) is 0 Å². The Balaban J connectivity index is 3.85. The van der Waals surface area contributed by atoms with E-state index in [9.17, 15) is 14.0 Å². The number of halogens is 1. The number of alkyl halides is 1. The third-order valence-electron chi connectivity index (χ3n) is 1.71. The van der Waals surface area contributed by atoms with Gasteiger partial charge in [0.05, 0.1) is 6.61 Å². The van der Waals surface area contributed by atoms with Gasteiger partial charge >= 0.3 is 5.97 Å². The maximum atomic E-state index is 13.0. The highest BCUT2D eigenvalue weighted by atomic mass is 19.1. The number of hydrogen-bond donors (Lipinski definition) is 0. The molecule has 0 saturated carbocycles. The summed E-state index contributed by atoms with van der Waals surface area (Å²) in [6.07, 6.45) is 0.0663. The molecule has 0 heterocycles. The van der Waals surface area contributed by atoms with E-state index in [0.717, 1.165) is 6.42 Å². The molecule has 3 nitrogen and oxygen atoms in total. The molecule has 0 rings (SSSR count). The Kier molecular flexibility index (Phi) is 6.98. The predicted molar refractivity (Wildman–Crippen MR) is 50.7 cm³/mol. The first-order valence-corrected chi connectivity index (χ1v) is 4.96. The molecule has 0 radical (unpaired) electrons. The van der Waals surface area contributed by atoms with Gasteiger partial charge < -0.3 is 4.74 Å². The van der Waals surface area contributed by atoms with E-state index < -0.39 is 17.9 Å².